The number of furan rings is 3. The van der Waals surface area contributed by atoms with E-state index in [0.29, 0.717) is 17.5 Å². The van der Waals surface area contributed by atoms with Crippen LogP contribution in [0, 0.1) is 0 Å². The van der Waals surface area contributed by atoms with Gasteiger partial charge >= 0.3 is 0 Å². The van der Waals surface area contributed by atoms with Crippen LogP contribution in [0.1, 0.15) is 0 Å². The zero-order valence-electron chi connectivity index (χ0n) is 80.7. The highest BCUT2D eigenvalue weighted by Crippen LogP contribution is 2.48. The number of aromatic nitrogens is 12. The summed E-state index contributed by atoms with van der Waals surface area (Å²) in [6.07, 6.45) is 0. The number of imidazole rings is 3. The third-order valence-electron chi connectivity index (χ3n) is 27.7. The molecule has 0 aliphatic heterocycles. The van der Waals surface area contributed by atoms with Crippen molar-refractivity contribution in [2.24, 2.45) is 0 Å². The van der Waals surface area contributed by atoms with Crippen LogP contribution in [-0.4, -0.2) is 58.6 Å². The van der Waals surface area contributed by atoms with Crippen molar-refractivity contribution < 1.29 is 13.3 Å². The van der Waals surface area contributed by atoms with Gasteiger partial charge in [-0.1, -0.05) is 388 Å². The quantitative estimate of drug-likeness (QED) is 0.0846. The van der Waals surface area contributed by atoms with Crippen LogP contribution in [0.15, 0.2) is 535 Å². The summed E-state index contributed by atoms with van der Waals surface area (Å²) in [7, 11) is 0. The second kappa shape index (κ2) is 38.3. The van der Waals surface area contributed by atoms with Gasteiger partial charge in [0.25, 0.3) is 0 Å². The Hall–Kier alpha value is -20.6. The van der Waals surface area contributed by atoms with Crippen LogP contribution in [-0.2, 0) is 0 Å². The van der Waals surface area contributed by atoms with Crippen LogP contribution in [0.5, 0.6) is 0 Å². The lowest BCUT2D eigenvalue weighted by molar-refractivity contribution is 0.669. The maximum atomic E-state index is 6.77. The molecule has 15 heteroatoms. The molecule has 29 aromatic rings. The van der Waals surface area contributed by atoms with E-state index in [-0.39, 0.29) is 0 Å². The van der Waals surface area contributed by atoms with Crippen LogP contribution in [0.4, 0.5) is 0 Å². The highest BCUT2D eigenvalue weighted by atomic mass is 16.3. The monoisotopic (exact) mass is 1920 g/mol. The highest BCUT2D eigenvalue weighted by Gasteiger charge is 2.29. The molecule has 0 saturated heterocycles. The zero-order chi connectivity index (χ0) is 99.3. The second-order valence-electron chi connectivity index (χ2n) is 36.9. The Kier molecular flexibility index (Phi) is 22.6. The SMILES string of the molecule is c1ccc(-c2cc(-c3ccccc3)nc(-c3cccc4oc5c(-c6nc7ccccc7n6-c6ccccc6)cccc5c34)n2)cc1.c1ccc(-c2ccc(-c3cc(-c4ccccc4)nc(-c4cccc5oc6c(-c7nc8ccccc8n7-c7ccccc7)cccc6c45)n3)cc2)cc1.c1ccc(-c2cccc(-c3cc(-c4ccccc4)nc(-c4cccc5oc6c(-c7nc8ccccc8n7-c7ccccc7)cccc6c45)n3)c2)cc1. The Morgan fingerprint density at radius 2 is 0.373 bits per heavy atom. The molecular weight excluding hydrogens is 1840 g/mol. The molecule has 9 heterocycles. The number of hydrogen-bond acceptors (Lipinski definition) is 12. The molecule has 0 fully saturated rings. The molecular formula is C135H86N12O3. The number of nitrogens with zero attached hydrogens (tertiary/aromatic N) is 12. The first-order chi connectivity index (χ1) is 74.4. The average molecular weight is 1920 g/mol. The number of para-hydroxylation sites is 12. The van der Waals surface area contributed by atoms with Gasteiger partial charge in [-0.05, 0) is 156 Å². The Morgan fingerprint density at radius 3 is 0.687 bits per heavy atom. The number of benzene rings is 20. The van der Waals surface area contributed by atoms with Gasteiger partial charge in [0.2, 0.25) is 0 Å². The summed E-state index contributed by atoms with van der Waals surface area (Å²) in [6, 6.07) is 178. The predicted molar refractivity (Wildman–Crippen MR) is 608 cm³/mol. The molecule has 704 valence electrons. The fourth-order valence-electron chi connectivity index (χ4n) is 20.7. The average Bonchev–Trinajstić information content (AvgIpc) is 1.59. The zero-order valence-corrected chi connectivity index (χ0v) is 80.7. The lowest BCUT2D eigenvalue weighted by Crippen LogP contribution is -1.97. The van der Waals surface area contributed by atoms with E-state index in [4.69, 9.17) is 58.1 Å². The van der Waals surface area contributed by atoms with Crippen molar-refractivity contribution in [1.29, 1.82) is 0 Å². The van der Waals surface area contributed by atoms with Crippen molar-refractivity contribution in [1.82, 2.24) is 58.6 Å². The molecule has 0 N–H and O–H groups in total. The summed E-state index contributed by atoms with van der Waals surface area (Å²) < 4.78 is 26.9. The van der Waals surface area contributed by atoms with E-state index in [9.17, 15) is 0 Å². The minimum atomic E-state index is 0.636. The highest BCUT2D eigenvalue weighted by molar-refractivity contribution is 6.18. The Labute approximate surface area is 861 Å². The normalized spacial score (nSPS) is 11.5. The molecule has 150 heavy (non-hydrogen) atoms. The Balaban J connectivity index is 0.000000111. The largest absolute Gasteiger partial charge is 0.455 e. The second-order valence-corrected chi connectivity index (χ2v) is 36.9. The number of rotatable bonds is 17. The summed E-state index contributed by atoms with van der Waals surface area (Å²) >= 11 is 0. The third-order valence-corrected chi connectivity index (χ3v) is 27.7. The molecule has 0 aliphatic rings. The first-order valence-corrected chi connectivity index (χ1v) is 50.0. The predicted octanol–water partition coefficient (Wildman–Crippen LogP) is 34.5. The van der Waals surface area contributed by atoms with Crippen LogP contribution < -0.4 is 0 Å². The van der Waals surface area contributed by atoms with Gasteiger partial charge in [0, 0.05) is 99.5 Å². The molecule has 29 rings (SSSR count). The minimum absolute atomic E-state index is 0.636. The topological polar surface area (TPSA) is 170 Å². The molecule has 0 radical (unpaired) electrons. The molecule has 0 bridgehead atoms. The maximum Gasteiger partial charge on any atom is 0.161 e. The summed E-state index contributed by atoms with van der Waals surface area (Å²) in [5.74, 6) is 4.39. The Morgan fingerprint density at radius 1 is 0.153 bits per heavy atom. The van der Waals surface area contributed by atoms with E-state index in [0.717, 1.165) is 251 Å². The molecule has 20 aromatic carbocycles. The lowest BCUT2D eigenvalue weighted by atomic mass is 10.00. The van der Waals surface area contributed by atoms with Crippen molar-refractivity contribution >= 4 is 98.9 Å². The summed E-state index contributed by atoms with van der Waals surface area (Å²) in [4.78, 5) is 46.6. The van der Waals surface area contributed by atoms with Gasteiger partial charge in [-0.15, -0.1) is 0 Å². The summed E-state index contributed by atoms with van der Waals surface area (Å²) in [5.41, 5.74) is 35.1. The minimum Gasteiger partial charge on any atom is -0.455 e. The van der Waals surface area contributed by atoms with Gasteiger partial charge in [-0.2, -0.15) is 0 Å². The number of hydrogen-bond donors (Lipinski definition) is 0. The van der Waals surface area contributed by atoms with Gasteiger partial charge in [0.05, 0.1) is 84.0 Å². The summed E-state index contributed by atoms with van der Waals surface area (Å²) in [6.45, 7) is 0. The standard InChI is InChI=1S/2C47H30N4O.C41H26N4O/c1-4-15-31(16-5-1)33-19-12-20-34(29-33)41-30-40(32-17-6-2-7-18-32)48-46(49-41)37-24-14-28-43-44(37)36-23-13-25-38(45(36)52-43)47-50-39-26-10-11-27-42(39)51(47)35-21-8-3-9-22-35;1-4-14-31(15-5-1)32-26-28-34(29-27-32)41-30-40(33-16-6-2-7-17-33)48-46(49-41)37-21-13-25-43-44(37)36-20-12-22-38(45(36)52-43)47-50-39-23-10-11-24-42(39)51(47)35-18-8-3-9-19-35;1-4-14-27(15-5-1)34-26-35(28-16-6-2-7-17-28)43-40(42-34)31-21-13-25-37-38(31)30-20-12-22-32(39(30)46-37)41-44-33-23-10-11-24-36(33)45(41)29-18-8-3-9-19-29/h2*1-30H;1-26H. The molecule has 0 saturated carbocycles. The van der Waals surface area contributed by atoms with Crippen molar-refractivity contribution in [3.63, 3.8) is 0 Å². The molecule has 15 nitrogen and oxygen atoms in total. The maximum absolute atomic E-state index is 6.77. The molecule has 0 atom stereocenters. The van der Waals surface area contributed by atoms with Gasteiger partial charge in [0.1, 0.15) is 51.0 Å². The van der Waals surface area contributed by atoms with Gasteiger partial charge in [0.15, 0.2) is 17.5 Å². The third kappa shape index (κ3) is 16.4. The molecule has 0 unspecified atom stereocenters. The lowest BCUT2D eigenvalue weighted by Gasteiger charge is -2.11. The fraction of sp³-hybridized carbons (Fsp3) is 0. The Bertz CT molecular complexity index is 10100. The van der Waals surface area contributed by atoms with E-state index in [1.165, 1.54) is 5.56 Å². The van der Waals surface area contributed by atoms with Crippen molar-refractivity contribution in [3.05, 3.63) is 522 Å². The molecule has 0 amide bonds. The van der Waals surface area contributed by atoms with Gasteiger partial charge in [-0.25, -0.2) is 44.9 Å². The number of fused-ring (bicyclic) bond motifs is 12. The first kappa shape index (κ1) is 88.4. The van der Waals surface area contributed by atoms with E-state index in [1.54, 1.807) is 0 Å². The van der Waals surface area contributed by atoms with Crippen LogP contribution in [0.3, 0.4) is 0 Å². The van der Waals surface area contributed by atoms with Crippen LogP contribution >= 0.6 is 0 Å². The van der Waals surface area contributed by atoms with E-state index >= 15 is 0 Å². The van der Waals surface area contributed by atoms with Crippen molar-refractivity contribution in [3.8, 4) is 175 Å². The molecule has 0 spiro atoms. The van der Waals surface area contributed by atoms with E-state index in [1.807, 2.05) is 158 Å². The van der Waals surface area contributed by atoms with E-state index < -0.39 is 0 Å². The van der Waals surface area contributed by atoms with Crippen LogP contribution in [0.25, 0.3) is 274 Å². The smallest absolute Gasteiger partial charge is 0.161 e. The summed E-state index contributed by atoms with van der Waals surface area (Å²) in [5, 5.41) is 5.87. The van der Waals surface area contributed by atoms with Crippen molar-refractivity contribution in [2.45, 2.75) is 0 Å². The van der Waals surface area contributed by atoms with Crippen LogP contribution in [0.2, 0.25) is 0 Å². The molecule has 9 aromatic heterocycles. The molecule has 0 aliphatic carbocycles. The van der Waals surface area contributed by atoms with Gasteiger partial charge in [-0.3, -0.25) is 13.7 Å². The van der Waals surface area contributed by atoms with Gasteiger partial charge < -0.3 is 13.3 Å². The van der Waals surface area contributed by atoms with Crippen molar-refractivity contribution in [2.75, 3.05) is 0 Å². The van der Waals surface area contributed by atoms with E-state index in [2.05, 4.69) is 378 Å². The fourth-order valence-corrected chi connectivity index (χ4v) is 20.7. The first-order valence-electron chi connectivity index (χ1n) is 50.0.